The zero-order valence-electron chi connectivity index (χ0n) is 16.3. The van der Waals surface area contributed by atoms with Gasteiger partial charge in [-0.05, 0) is 75.0 Å². The molecule has 2 unspecified atom stereocenters. The Morgan fingerprint density at radius 2 is 1.54 bits per heavy atom. The number of rotatable bonds is 5. The topological polar surface area (TPSA) is 43.4 Å². The molecule has 4 aliphatic rings. The Bertz CT molecular complexity index is 529. The van der Waals surface area contributed by atoms with E-state index < -0.39 is 10.8 Å². The Morgan fingerprint density at radius 1 is 1.00 bits per heavy atom. The van der Waals surface area contributed by atoms with Crippen LogP contribution in [0.4, 0.5) is 0 Å². The lowest BCUT2D eigenvalue weighted by molar-refractivity contribution is -0.163. The van der Waals surface area contributed by atoms with E-state index >= 15 is 0 Å². The molecule has 0 N–H and O–H groups in total. The van der Waals surface area contributed by atoms with Gasteiger partial charge in [-0.2, -0.15) is 0 Å². The third kappa shape index (κ3) is 2.63. The molecular weight excluding hydrogens is 300 g/mol. The molecule has 4 fully saturated rings. The van der Waals surface area contributed by atoms with Crippen molar-refractivity contribution in [2.24, 2.45) is 39.9 Å². The van der Waals surface area contributed by atoms with Gasteiger partial charge in [-0.15, -0.1) is 0 Å². The molecule has 0 aromatic carbocycles. The Labute approximate surface area is 146 Å². The van der Waals surface area contributed by atoms with Gasteiger partial charge in [-0.25, -0.2) is 0 Å². The minimum Gasteiger partial charge on any atom is -0.469 e. The molecule has 0 heterocycles. The van der Waals surface area contributed by atoms with Gasteiger partial charge in [0.1, 0.15) is 5.78 Å². The van der Waals surface area contributed by atoms with Gasteiger partial charge >= 0.3 is 5.97 Å². The molecule has 0 aromatic rings. The summed E-state index contributed by atoms with van der Waals surface area (Å²) in [5.74, 6) is 2.83. The lowest BCUT2D eigenvalue weighted by Gasteiger charge is -2.59. The average molecular weight is 335 g/mol. The van der Waals surface area contributed by atoms with Crippen LogP contribution < -0.4 is 0 Å². The van der Waals surface area contributed by atoms with Crippen LogP contribution in [0.1, 0.15) is 73.1 Å². The second-order valence-corrected chi connectivity index (χ2v) is 10.3. The van der Waals surface area contributed by atoms with Crippen molar-refractivity contribution in [3.63, 3.8) is 0 Å². The molecule has 4 rings (SSSR count). The van der Waals surface area contributed by atoms with Crippen LogP contribution in [0, 0.1) is 39.9 Å². The molecule has 0 aliphatic heterocycles. The third-order valence-electron chi connectivity index (χ3n) is 8.15. The first-order chi connectivity index (χ1) is 11.0. The Hall–Kier alpha value is -0.860. The Morgan fingerprint density at radius 3 is 2.00 bits per heavy atom. The van der Waals surface area contributed by atoms with Gasteiger partial charge in [0.25, 0.3) is 0 Å². The second kappa shape index (κ2) is 5.57. The Balaban J connectivity index is 1.74. The van der Waals surface area contributed by atoms with Crippen LogP contribution in [0.3, 0.4) is 0 Å². The summed E-state index contributed by atoms with van der Waals surface area (Å²) in [5.41, 5.74) is -0.952. The third-order valence-corrected chi connectivity index (χ3v) is 8.15. The molecule has 3 nitrogen and oxygen atoms in total. The van der Waals surface area contributed by atoms with E-state index in [0.29, 0.717) is 17.8 Å². The maximum absolute atomic E-state index is 13.2. The maximum Gasteiger partial charge on any atom is 0.312 e. The molecule has 0 radical (unpaired) electrons. The molecule has 0 spiro atoms. The van der Waals surface area contributed by atoms with Gasteiger partial charge in [0, 0.05) is 11.8 Å². The maximum atomic E-state index is 13.2. The molecule has 2 atom stereocenters. The number of carbonyl (C=O) groups excluding carboxylic acids is 2. The van der Waals surface area contributed by atoms with Crippen molar-refractivity contribution in [1.29, 1.82) is 0 Å². The van der Waals surface area contributed by atoms with Gasteiger partial charge in [-0.1, -0.05) is 20.8 Å². The molecule has 0 saturated heterocycles. The number of Topliss-reactive ketones (excluding diaryl/α,β-unsaturated/α-hetero) is 1. The Kier molecular flexibility index (Phi) is 4.17. The standard InChI is InChI=1S/C21H34O3/c1-19(2,20(3,4)18(23)24-6)17(22)9-16-14-7-13-8-15(16)12-21(5,10-13)11-14/h13-16H,7-12H2,1-6H3. The first kappa shape index (κ1) is 17.9. The van der Waals surface area contributed by atoms with Crippen LogP contribution in [0.15, 0.2) is 0 Å². The van der Waals surface area contributed by atoms with E-state index in [2.05, 4.69) is 6.92 Å². The lowest BCUT2D eigenvalue weighted by atomic mass is 9.46. The molecule has 24 heavy (non-hydrogen) atoms. The lowest BCUT2D eigenvalue weighted by Crippen LogP contribution is -2.52. The second-order valence-electron chi connectivity index (χ2n) is 10.3. The fourth-order valence-corrected chi connectivity index (χ4v) is 6.20. The first-order valence-electron chi connectivity index (χ1n) is 9.62. The van der Waals surface area contributed by atoms with Crippen molar-refractivity contribution < 1.29 is 14.3 Å². The van der Waals surface area contributed by atoms with Crippen LogP contribution in [0.2, 0.25) is 0 Å². The summed E-state index contributed by atoms with van der Waals surface area (Å²) in [6.45, 7) is 9.98. The molecular formula is C21H34O3. The fraction of sp³-hybridized carbons (Fsp3) is 0.905. The summed E-state index contributed by atoms with van der Waals surface area (Å²) < 4.78 is 4.96. The zero-order chi connectivity index (χ0) is 17.9. The van der Waals surface area contributed by atoms with E-state index in [-0.39, 0.29) is 11.8 Å². The van der Waals surface area contributed by atoms with Crippen molar-refractivity contribution in [2.75, 3.05) is 7.11 Å². The van der Waals surface area contributed by atoms with Gasteiger partial charge in [0.15, 0.2) is 0 Å². The number of ketones is 1. The van der Waals surface area contributed by atoms with Crippen molar-refractivity contribution in [3.8, 4) is 0 Å². The summed E-state index contributed by atoms with van der Waals surface area (Å²) in [6.07, 6.45) is 7.31. The summed E-state index contributed by atoms with van der Waals surface area (Å²) in [4.78, 5) is 25.4. The van der Waals surface area contributed by atoms with Gasteiger partial charge in [0.2, 0.25) is 0 Å². The van der Waals surface area contributed by atoms with Gasteiger partial charge in [0.05, 0.1) is 12.5 Å². The number of esters is 1. The van der Waals surface area contributed by atoms with Crippen molar-refractivity contribution >= 4 is 11.8 Å². The van der Waals surface area contributed by atoms with Crippen LogP contribution in [0.5, 0.6) is 0 Å². The summed E-state index contributed by atoms with van der Waals surface area (Å²) >= 11 is 0. The highest BCUT2D eigenvalue weighted by molar-refractivity contribution is 5.91. The largest absolute Gasteiger partial charge is 0.469 e. The van der Waals surface area contributed by atoms with E-state index in [0.717, 1.165) is 17.8 Å². The summed E-state index contributed by atoms with van der Waals surface area (Å²) in [5, 5.41) is 0. The van der Waals surface area contributed by atoms with Crippen LogP contribution in [-0.4, -0.2) is 18.9 Å². The predicted octanol–water partition coefficient (Wildman–Crippen LogP) is 4.63. The number of methoxy groups -OCH3 is 1. The molecule has 4 aliphatic carbocycles. The summed E-state index contributed by atoms with van der Waals surface area (Å²) in [6, 6.07) is 0. The summed E-state index contributed by atoms with van der Waals surface area (Å²) in [7, 11) is 1.41. The van der Waals surface area contributed by atoms with Crippen LogP contribution in [-0.2, 0) is 14.3 Å². The quantitative estimate of drug-likeness (QED) is 0.688. The number of hydrogen-bond donors (Lipinski definition) is 0. The first-order valence-corrected chi connectivity index (χ1v) is 9.62. The van der Waals surface area contributed by atoms with Gasteiger partial charge < -0.3 is 4.74 Å². The fourth-order valence-electron chi connectivity index (χ4n) is 6.20. The van der Waals surface area contributed by atoms with E-state index in [1.54, 1.807) is 0 Å². The normalized spacial score (nSPS) is 38.2. The minimum absolute atomic E-state index is 0.237. The highest BCUT2D eigenvalue weighted by Crippen LogP contribution is 2.63. The number of hydrogen-bond acceptors (Lipinski definition) is 3. The molecule has 3 heteroatoms. The van der Waals surface area contributed by atoms with E-state index in [9.17, 15) is 9.59 Å². The van der Waals surface area contributed by atoms with Gasteiger partial charge in [-0.3, -0.25) is 9.59 Å². The van der Waals surface area contributed by atoms with E-state index in [1.165, 1.54) is 39.2 Å². The smallest absolute Gasteiger partial charge is 0.312 e. The molecule has 0 aromatic heterocycles. The SMILES string of the molecule is COC(=O)C(C)(C)C(C)(C)C(=O)CC1C2CC3CC1CC(C)(C3)C2. The zero-order valence-corrected chi connectivity index (χ0v) is 16.3. The van der Waals surface area contributed by atoms with Crippen molar-refractivity contribution in [1.82, 2.24) is 0 Å². The van der Waals surface area contributed by atoms with E-state index in [4.69, 9.17) is 4.74 Å². The molecule has 4 saturated carbocycles. The average Bonchev–Trinajstić information content (AvgIpc) is 2.47. The highest BCUT2D eigenvalue weighted by Gasteiger charge is 2.55. The van der Waals surface area contributed by atoms with Crippen LogP contribution >= 0.6 is 0 Å². The monoisotopic (exact) mass is 334 g/mol. The molecule has 0 amide bonds. The van der Waals surface area contributed by atoms with Crippen molar-refractivity contribution in [2.45, 2.75) is 73.1 Å². The van der Waals surface area contributed by atoms with E-state index in [1.807, 2.05) is 27.7 Å². The number of carbonyl (C=O) groups is 2. The molecule has 136 valence electrons. The number of ether oxygens (including phenoxy) is 1. The predicted molar refractivity (Wildman–Crippen MR) is 94.4 cm³/mol. The minimum atomic E-state index is -0.795. The highest BCUT2D eigenvalue weighted by atomic mass is 16.5. The molecule has 4 bridgehead atoms. The van der Waals surface area contributed by atoms with Crippen molar-refractivity contribution in [3.05, 3.63) is 0 Å². The van der Waals surface area contributed by atoms with Crippen LogP contribution in [0.25, 0.3) is 0 Å².